The molecule has 0 unspecified atom stereocenters. The zero-order chi connectivity index (χ0) is 16.8. The SMILES string of the molecule is COc1ccc(OC)c(CC(=O)N2CCOC[C@@H]2CC(N)=O)c1. The van der Waals surface area contributed by atoms with E-state index in [1.54, 1.807) is 37.3 Å². The molecule has 2 N–H and O–H groups in total. The zero-order valence-corrected chi connectivity index (χ0v) is 13.4. The Hall–Kier alpha value is -2.28. The molecule has 23 heavy (non-hydrogen) atoms. The van der Waals surface area contributed by atoms with E-state index in [-0.39, 0.29) is 24.8 Å². The Morgan fingerprint density at radius 1 is 1.35 bits per heavy atom. The third kappa shape index (κ3) is 4.35. The van der Waals surface area contributed by atoms with Crippen molar-refractivity contribution in [3.63, 3.8) is 0 Å². The number of hydrogen-bond donors (Lipinski definition) is 1. The van der Waals surface area contributed by atoms with Crippen LogP contribution in [0.3, 0.4) is 0 Å². The molecule has 1 aliphatic heterocycles. The van der Waals surface area contributed by atoms with Crippen molar-refractivity contribution in [1.29, 1.82) is 0 Å². The van der Waals surface area contributed by atoms with Crippen molar-refractivity contribution < 1.29 is 23.8 Å². The first-order valence-electron chi connectivity index (χ1n) is 7.41. The zero-order valence-electron chi connectivity index (χ0n) is 13.4. The molecule has 0 saturated carbocycles. The monoisotopic (exact) mass is 322 g/mol. The summed E-state index contributed by atoms with van der Waals surface area (Å²) in [7, 11) is 3.12. The number of benzene rings is 1. The van der Waals surface area contributed by atoms with Crippen molar-refractivity contribution >= 4 is 11.8 Å². The molecule has 0 bridgehead atoms. The molecule has 7 heteroatoms. The number of rotatable bonds is 6. The Balaban J connectivity index is 2.14. The van der Waals surface area contributed by atoms with E-state index in [0.717, 1.165) is 5.56 Å². The fourth-order valence-corrected chi connectivity index (χ4v) is 2.67. The first-order valence-corrected chi connectivity index (χ1v) is 7.41. The van der Waals surface area contributed by atoms with E-state index in [9.17, 15) is 9.59 Å². The van der Waals surface area contributed by atoms with Crippen molar-refractivity contribution in [3.05, 3.63) is 23.8 Å². The highest BCUT2D eigenvalue weighted by Gasteiger charge is 2.29. The fraction of sp³-hybridized carbons (Fsp3) is 0.500. The number of carbonyl (C=O) groups is 2. The van der Waals surface area contributed by atoms with Crippen LogP contribution in [-0.2, 0) is 20.7 Å². The molecule has 7 nitrogen and oxygen atoms in total. The van der Waals surface area contributed by atoms with Crippen LogP contribution in [-0.4, -0.2) is 56.7 Å². The predicted molar refractivity (Wildman–Crippen MR) is 83.4 cm³/mol. The molecular formula is C16H22N2O5. The molecule has 1 heterocycles. The van der Waals surface area contributed by atoms with E-state index in [2.05, 4.69) is 0 Å². The van der Waals surface area contributed by atoms with Crippen LogP contribution in [0.15, 0.2) is 18.2 Å². The maximum atomic E-state index is 12.6. The van der Waals surface area contributed by atoms with Crippen molar-refractivity contribution in [2.75, 3.05) is 34.0 Å². The van der Waals surface area contributed by atoms with Gasteiger partial charge in [0.05, 0.1) is 39.9 Å². The highest BCUT2D eigenvalue weighted by molar-refractivity contribution is 5.81. The standard InChI is InChI=1S/C16H22N2O5/c1-21-13-3-4-14(22-2)11(7-13)8-16(20)18-5-6-23-10-12(18)9-15(17)19/h3-4,7,12H,5-6,8-10H2,1-2H3,(H2,17,19)/t12-/m0/s1. The summed E-state index contributed by atoms with van der Waals surface area (Å²) in [6.45, 7) is 1.23. The Morgan fingerprint density at radius 3 is 2.78 bits per heavy atom. The van der Waals surface area contributed by atoms with Crippen LogP contribution in [0.4, 0.5) is 0 Å². The minimum Gasteiger partial charge on any atom is -0.497 e. The number of carbonyl (C=O) groups excluding carboxylic acids is 2. The largest absolute Gasteiger partial charge is 0.497 e. The number of nitrogens with two attached hydrogens (primary N) is 1. The molecule has 1 saturated heterocycles. The highest BCUT2D eigenvalue weighted by atomic mass is 16.5. The number of amides is 2. The first kappa shape index (κ1) is 17.1. The van der Waals surface area contributed by atoms with E-state index in [0.29, 0.717) is 31.3 Å². The van der Waals surface area contributed by atoms with Gasteiger partial charge in [-0.15, -0.1) is 0 Å². The van der Waals surface area contributed by atoms with Crippen LogP contribution in [0.1, 0.15) is 12.0 Å². The van der Waals surface area contributed by atoms with Gasteiger partial charge in [-0.1, -0.05) is 0 Å². The minimum atomic E-state index is -0.447. The molecule has 2 rings (SSSR count). The Morgan fingerprint density at radius 2 is 2.13 bits per heavy atom. The van der Waals surface area contributed by atoms with Crippen LogP contribution >= 0.6 is 0 Å². The van der Waals surface area contributed by atoms with Gasteiger partial charge in [-0.25, -0.2) is 0 Å². The van der Waals surface area contributed by atoms with Crippen LogP contribution < -0.4 is 15.2 Å². The van der Waals surface area contributed by atoms with Gasteiger partial charge >= 0.3 is 0 Å². The molecule has 1 aromatic carbocycles. The molecule has 1 aliphatic rings. The summed E-state index contributed by atoms with van der Waals surface area (Å²) in [4.78, 5) is 25.5. The number of ether oxygens (including phenoxy) is 3. The van der Waals surface area contributed by atoms with Crippen LogP contribution in [0, 0.1) is 0 Å². The van der Waals surface area contributed by atoms with E-state index in [1.165, 1.54) is 0 Å². The molecule has 1 atom stereocenters. The Labute approximate surface area is 135 Å². The highest BCUT2D eigenvalue weighted by Crippen LogP contribution is 2.25. The Kier molecular flexibility index (Phi) is 5.81. The van der Waals surface area contributed by atoms with E-state index < -0.39 is 5.91 Å². The summed E-state index contributed by atoms with van der Waals surface area (Å²) in [6, 6.07) is 5.00. The fourth-order valence-electron chi connectivity index (χ4n) is 2.67. The summed E-state index contributed by atoms with van der Waals surface area (Å²) < 4.78 is 15.8. The van der Waals surface area contributed by atoms with Crippen molar-refractivity contribution in [3.8, 4) is 11.5 Å². The molecular weight excluding hydrogens is 300 g/mol. The lowest BCUT2D eigenvalue weighted by Gasteiger charge is -2.35. The lowest BCUT2D eigenvalue weighted by atomic mass is 10.1. The Bertz CT molecular complexity index is 576. The van der Waals surface area contributed by atoms with Crippen molar-refractivity contribution in [1.82, 2.24) is 4.90 Å². The average Bonchev–Trinajstić information content (AvgIpc) is 2.54. The maximum Gasteiger partial charge on any atom is 0.227 e. The molecule has 126 valence electrons. The average molecular weight is 322 g/mol. The van der Waals surface area contributed by atoms with E-state index >= 15 is 0 Å². The molecule has 1 fully saturated rings. The second-order valence-corrected chi connectivity index (χ2v) is 5.34. The maximum absolute atomic E-state index is 12.6. The van der Waals surface area contributed by atoms with Gasteiger partial charge in [-0.2, -0.15) is 0 Å². The second kappa shape index (κ2) is 7.82. The molecule has 0 radical (unpaired) electrons. The smallest absolute Gasteiger partial charge is 0.227 e. The first-order chi connectivity index (χ1) is 11.0. The number of methoxy groups -OCH3 is 2. The van der Waals surface area contributed by atoms with Gasteiger partial charge in [0, 0.05) is 18.5 Å². The van der Waals surface area contributed by atoms with Gasteiger partial charge in [-0.05, 0) is 18.2 Å². The third-order valence-electron chi connectivity index (χ3n) is 3.81. The molecule has 0 spiro atoms. The lowest BCUT2D eigenvalue weighted by molar-refractivity contribution is -0.140. The number of primary amides is 1. The quantitative estimate of drug-likeness (QED) is 0.816. The molecule has 0 aliphatic carbocycles. The topological polar surface area (TPSA) is 91.1 Å². The molecule has 1 aromatic rings. The number of morpholine rings is 1. The summed E-state index contributed by atoms with van der Waals surface area (Å²) >= 11 is 0. The number of hydrogen-bond acceptors (Lipinski definition) is 5. The van der Waals surface area contributed by atoms with Crippen LogP contribution in [0.2, 0.25) is 0 Å². The molecule has 0 aromatic heterocycles. The number of nitrogens with zero attached hydrogens (tertiary/aromatic N) is 1. The lowest BCUT2D eigenvalue weighted by Crippen LogP contribution is -2.50. The van der Waals surface area contributed by atoms with Crippen molar-refractivity contribution in [2.45, 2.75) is 18.9 Å². The van der Waals surface area contributed by atoms with Gasteiger partial charge < -0.3 is 24.8 Å². The summed E-state index contributed by atoms with van der Waals surface area (Å²) in [6.07, 6.45) is 0.261. The minimum absolute atomic E-state index is 0.0916. The van der Waals surface area contributed by atoms with Crippen LogP contribution in [0.25, 0.3) is 0 Å². The van der Waals surface area contributed by atoms with Gasteiger partial charge in [0.15, 0.2) is 0 Å². The predicted octanol–water partition coefficient (Wildman–Crippen LogP) is 0.349. The third-order valence-corrected chi connectivity index (χ3v) is 3.81. The van der Waals surface area contributed by atoms with E-state index in [4.69, 9.17) is 19.9 Å². The van der Waals surface area contributed by atoms with Crippen LogP contribution in [0.5, 0.6) is 11.5 Å². The van der Waals surface area contributed by atoms with Gasteiger partial charge in [-0.3, -0.25) is 9.59 Å². The van der Waals surface area contributed by atoms with Gasteiger partial charge in [0.2, 0.25) is 11.8 Å². The van der Waals surface area contributed by atoms with E-state index in [1.807, 2.05) is 0 Å². The second-order valence-electron chi connectivity index (χ2n) is 5.34. The van der Waals surface area contributed by atoms with Gasteiger partial charge in [0.1, 0.15) is 11.5 Å². The van der Waals surface area contributed by atoms with Crippen molar-refractivity contribution in [2.24, 2.45) is 5.73 Å². The normalized spacial score (nSPS) is 17.7. The van der Waals surface area contributed by atoms with Gasteiger partial charge in [0.25, 0.3) is 0 Å². The molecule has 2 amide bonds. The summed E-state index contributed by atoms with van der Waals surface area (Å²) in [5.74, 6) is 0.742. The summed E-state index contributed by atoms with van der Waals surface area (Å²) in [5.41, 5.74) is 5.99. The summed E-state index contributed by atoms with van der Waals surface area (Å²) in [5, 5.41) is 0.